The third-order valence-electron chi connectivity index (χ3n) is 5.45. The lowest BCUT2D eigenvalue weighted by atomic mass is 10.0. The fourth-order valence-corrected chi connectivity index (χ4v) is 4.96. The van der Waals surface area contributed by atoms with Crippen LogP contribution in [0.5, 0.6) is 0 Å². The van der Waals surface area contributed by atoms with Crippen molar-refractivity contribution in [3.8, 4) is 11.4 Å². The zero-order chi connectivity index (χ0) is 20.2. The molecule has 0 spiro atoms. The monoisotopic (exact) mass is 413 g/mol. The number of aryl methyl sites for hydroxylation is 2. The highest BCUT2D eigenvalue weighted by atomic mass is 32.2. The van der Waals surface area contributed by atoms with Gasteiger partial charge >= 0.3 is 0 Å². The molecule has 4 aromatic heterocycles. The molecule has 6 nitrogen and oxygen atoms in total. The smallest absolute Gasteiger partial charge is 0.155 e. The Morgan fingerprint density at radius 1 is 1.14 bits per heavy atom. The van der Waals surface area contributed by atoms with Gasteiger partial charge in [-0.05, 0) is 56.7 Å². The molecule has 0 amide bonds. The molecule has 4 aromatic rings. The zero-order valence-corrected chi connectivity index (χ0v) is 18.5. The maximum atomic E-state index is 13.1. The van der Waals surface area contributed by atoms with Gasteiger partial charge in [0.05, 0.1) is 33.6 Å². The number of thioether (sulfide) groups is 1. The first-order valence-corrected chi connectivity index (χ1v) is 11.7. The SMILES string of the molecule is CCS(=O)c1c(-c2cn3ncc(SC)cc3n2)nn2c(C)c(C)c(C)c(C)c12. The number of nitrogens with zero attached hydrogens (tertiary/aromatic N) is 5. The van der Waals surface area contributed by atoms with Gasteiger partial charge in [-0.2, -0.15) is 10.2 Å². The summed E-state index contributed by atoms with van der Waals surface area (Å²) >= 11 is 1.63. The fourth-order valence-electron chi connectivity index (χ4n) is 3.48. The summed E-state index contributed by atoms with van der Waals surface area (Å²) in [5, 5.41) is 9.30. The molecule has 1 atom stereocenters. The predicted molar refractivity (Wildman–Crippen MR) is 115 cm³/mol. The number of rotatable bonds is 4. The first-order chi connectivity index (χ1) is 13.4. The molecule has 0 saturated carbocycles. The van der Waals surface area contributed by atoms with Crippen LogP contribution in [0.15, 0.2) is 28.3 Å². The van der Waals surface area contributed by atoms with Crippen LogP contribution in [0.25, 0.3) is 22.6 Å². The predicted octanol–water partition coefficient (Wildman–Crippen LogP) is 4.13. The standard InChI is InChI=1S/C20H23N5OS2/c1-7-28(26)20-18(16-10-24-17(22-16)8-15(27-6)9-21-24)23-25-14(5)12(3)11(2)13(4)19(20)25/h8-10H,7H2,1-6H3. The van der Waals surface area contributed by atoms with Crippen LogP contribution in [0.4, 0.5) is 0 Å². The van der Waals surface area contributed by atoms with E-state index in [1.54, 1.807) is 16.3 Å². The van der Waals surface area contributed by atoms with Crippen molar-refractivity contribution in [1.29, 1.82) is 0 Å². The summed E-state index contributed by atoms with van der Waals surface area (Å²) in [6.07, 6.45) is 5.69. The third kappa shape index (κ3) is 2.78. The summed E-state index contributed by atoms with van der Waals surface area (Å²) in [5.74, 6) is 0.530. The van der Waals surface area contributed by atoms with E-state index in [2.05, 4.69) is 32.8 Å². The van der Waals surface area contributed by atoms with Gasteiger partial charge in [-0.1, -0.05) is 6.92 Å². The molecule has 8 heteroatoms. The maximum absolute atomic E-state index is 13.1. The Bertz CT molecular complexity index is 1260. The first-order valence-electron chi connectivity index (χ1n) is 9.14. The highest BCUT2D eigenvalue weighted by molar-refractivity contribution is 7.98. The third-order valence-corrected chi connectivity index (χ3v) is 7.51. The van der Waals surface area contributed by atoms with Gasteiger partial charge in [-0.15, -0.1) is 11.8 Å². The van der Waals surface area contributed by atoms with Crippen molar-refractivity contribution in [2.24, 2.45) is 0 Å². The van der Waals surface area contributed by atoms with Gasteiger partial charge < -0.3 is 0 Å². The molecule has 0 N–H and O–H groups in total. The molecular formula is C20H23N5OS2. The summed E-state index contributed by atoms with van der Waals surface area (Å²) in [7, 11) is -1.16. The first kappa shape index (κ1) is 19.1. The number of imidazole rings is 1. The van der Waals surface area contributed by atoms with Gasteiger partial charge in [0.15, 0.2) is 5.65 Å². The van der Waals surface area contributed by atoms with Crippen LogP contribution in [0.3, 0.4) is 0 Å². The minimum atomic E-state index is -1.16. The molecule has 0 fully saturated rings. The molecular weight excluding hydrogens is 390 g/mol. The Morgan fingerprint density at radius 3 is 2.57 bits per heavy atom. The van der Waals surface area contributed by atoms with Crippen LogP contribution >= 0.6 is 11.8 Å². The number of pyridine rings is 1. The summed E-state index contributed by atoms with van der Waals surface area (Å²) in [6.45, 7) is 10.3. The summed E-state index contributed by atoms with van der Waals surface area (Å²) in [6, 6.07) is 2.00. The summed E-state index contributed by atoms with van der Waals surface area (Å²) in [5.41, 5.74) is 7.66. The molecule has 146 valence electrons. The van der Waals surface area contributed by atoms with Crippen LogP contribution in [-0.2, 0) is 10.8 Å². The fraction of sp³-hybridized carbons (Fsp3) is 0.350. The molecule has 0 aromatic carbocycles. The van der Waals surface area contributed by atoms with Gasteiger partial charge in [-0.25, -0.2) is 14.0 Å². The van der Waals surface area contributed by atoms with Crippen LogP contribution in [0.1, 0.15) is 29.3 Å². The average molecular weight is 414 g/mol. The van der Waals surface area contributed by atoms with E-state index in [1.807, 2.05) is 36.2 Å². The number of fused-ring (bicyclic) bond motifs is 2. The van der Waals surface area contributed by atoms with Gasteiger partial charge in [-0.3, -0.25) is 4.21 Å². The second kappa shape index (κ2) is 7.00. The average Bonchev–Trinajstić information content (AvgIpc) is 3.30. The molecule has 4 heterocycles. The van der Waals surface area contributed by atoms with E-state index in [0.29, 0.717) is 17.1 Å². The quantitative estimate of drug-likeness (QED) is 0.471. The molecule has 0 aliphatic carbocycles. The van der Waals surface area contributed by atoms with Crippen LogP contribution in [-0.4, -0.2) is 40.4 Å². The number of aromatic nitrogens is 5. The van der Waals surface area contributed by atoms with Crippen molar-refractivity contribution in [1.82, 2.24) is 24.2 Å². The summed E-state index contributed by atoms with van der Waals surface area (Å²) in [4.78, 5) is 6.56. The van der Waals surface area contributed by atoms with E-state index in [0.717, 1.165) is 32.2 Å². The Labute approximate surface area is 170 Å². The zero-order valence-electron chi connectivity index (χ0n) is 16.9. The van der Waals surface area contributed by atoms with E-state index < -0.39 is 10.8 Å². The van der Waals surface area contributed by atoms with Crippen molar-refractivity contribution >= 4 is 33.7 Å². The number of hydrogen-bond donors (Lipinski definition) is 0. The molecule has 0 aliphatic rings. The Balaban J connectivity index is 2.08. The normalized spacial score (nSPS) is 12.9. The van der Waals surface area contributed by atoms with E-state index in [4.69, 9.17) is 10.1 Å². The van der Waals surface area contributed by atoms with E-state index in [-0.39, 0.29) is 0 Å². The van der Waals surface area contributed by atoms with Crippen LogP contribution in [0.2, 0.25) is 0 Å². The minimum absolute atomic E-state index is 0.530. The molecule has 0 radical (unpaired) electrons. The van der Waals surface area contributed by atoms with Crippen molar-refractivity contribution in [3.63, 3.8) is 0 Å². The Hall–Kier alpha value is -2.19. The highest BCUT2D eigenvalue weighted by Gasteiger charge is 2.25. The molecule has 28 heavy (non-hydrogen) atoms. The lowest BCUT2D eigenvalue weighted by Crippen LogP contribution is -2.03. The topological polar surface area (TPSA) is 64.6 Å². The molecule has 0 saturated heterocycles. The van der Waals surface area contributed by atoms with Gasteiger partial charge in [0.1, 0.15) is 11.4 Å². The lowest BCUT2D eigenvalue weighted by molar-refractivity contribution is 0.684. The maximum Gasteiger partial charge on any atom is 0.155 e. The van der Waals surface area contributed by atoms with Crippen molar-refractivity contribution in [3.05, 3.63) is 40.8 Å². The van der Waals surface area contributed by atoms with Gasteiger partial charge in [0, 0.05) is 16.3 Å². The molecule has 4 rings (SSSR count). The second-order valence-electron chi connectivity index (χ2n) is 6.86. The second-order valence-corrected chi connectivity index (χ2v) is 9.41. The largest absolute Gasteiger partial charge is 0.254 e. The summed E-state index contributed by atoms with van der Waals surface area (Å²) < 4.78 is 16.7. The van der Waals surface area contributed by atoms with E-state index >= 15 is 0 Å². The Kier molecular flexibility index (Phi) is 4.79. The van der Waals surface area contributed by atoms with Crippen LogP contribution < -0.4 is 0 Å². The van der Waals surface area contributed by atoms with Gasteiger partial charge in [0.2, 0.25) is 0 Å². The van der Waals surface area contributed by atoms with Crippen LogP contribution in [0, 0.1) is 27.7 Å². The van der Waals surface area contributed by atoms with Crippen molar-refractivity contribution < 1.29 is 4.21 Å². The molecule has 0 aliphatic heterocycles. The van der Waals surface area contributed by atoms with Crippen molar-refractivity contribution in [2.75, 3.05) is 12.0 Å². The molecule has 0 bridgehead atoms. The van der Waals surface area contributed by atoms with E-state index in [9.17, 15) is 4.21 Å². The number of hydrogen-bond acceptors (Lipinski definition) is 5. The highest BCUT2D eigenvalue weighted by Crippen LogP contribution is 2.34. The minimum Gasteiger partial charge on any atom is -0.254 e. The van der Waals surface area contributed by atoms with Gasteiger partial charge in [0.25, 0.3) is 0 Å². The van der Waals surface area contributed by atoms with Crippen molar-refractivity contribution in [2.45, 2.75) is 44.4 Å². The van der Waals surface area contributed by atoms with E-state index in [1.165, 1.54) is 11.1 Å². The Morgan fingerprint density at radius 2 is 1.89 bits per heavy atom. The lowest BCUT2D eigenvalue weighted by Gasteiger charge is -2.12. The molecule has 1 unspecified atom stereocenters.